The Bertz CT molecular complexity index is 3200. The van der Waals surface area contributed by atoms with Gasteiger partial charge in [-0.1, -0.05) is 164 Å². The molecular weight excluding hydrogens is 687 g/mol. The summed E-state index contributed by atoms with van der Waals surface area (Å²) in [5.74, 6) is 0. The highest BCUT2D eigenvalue weighted by atomic mass is 32.1. The van der Waals surface area contributed by atoms with Gasteiger partial charge in [0.05, 0.1) is 11.4 Å². The monoisotopic (exact) mass is 719 g/mol. The topological polar surface area (TPSA) is 16.4 Å². The predicted octanol–water partition coefficient (Wildman–Crippen LogP) is 15.6. The number of para-hydroxylation sites is 2. The van der Waals surface area contributed by atoms with Crippen LogP contribution in [0.2, 0.25) is 0 Å². The Balaban J connectivity index is 1.14. The number of rotatable bonds is 6. The number of hydrogen-bond donors (Lipinski definition) is 0. The molecule has 2 heterocycles. The van der Waals surface area contributed by atoms with Gasteiger partial charge in [-0.2, -0.15) is 0 Å². The van der Waals surface area contributed by atoms with Gasteiger partial charge in [0, 0.05) is 42.2 Å². The first kappa shape index (κ1) is 31.6. The largest absolute Gasteiger partial charge is 0.453 e. The summed E-state index contributed by atoms with van der Waals surface area (Å²) < 4.78 is 9.66. The molecule has 0 saturated carbocycles. The third-order valence-corrected chi connectivity index (χ3v) is 12.0. The van der Waals surface area contributed by atoms with Crippen molar-refractivity contribution >= 4 is 81.3 Å². The lowest BCUT2D eigenvalue weighted by atomic mass is 9.97. The summed E-state index contributed by atoms with van der Waals surface area (Å²) in [7, 11) is 0. The number of anilines is 3. The number of thiophene rings is 1. The predicted molar refractivity (Wildman–Crippen MR) is 235 cm³/mol. The van der Waals surface area contributed by atoms with Crippen LogP contribution < -0.4 is 4.90 Å². The van der Waals surface area contributed by atoms with Gasteiger partial charge in [0.1, 0.15) is 5.58 Å². The van der Waals surface area contributed by atoms with Crippen molar-refractivity contribution < 1.29 is 4.42 Å². The molecule has 0 spiro atoms. The van der Waals surface area contributed by atoms with Gasteiger partial charge in [0.15, 0.2) is 5.58 Å². The molecule has 9 aromatic carbocycles. The Labute approximate surface area is 322 Å². The molecule has 3 heteroatoms. The Hall–Kier alpha value is -6.94. The maximum atomic E-state index is 7.12. The van der Waals surface area contributed by atoms with Gasteiger partial charge < -0.3 is 9.32 Å². The zero-order valence-corrected chi connectivity index (χ0v) is 30.6. The maximum absolute atomic E-state index is 7.12. The van der Waals surface area contributed by atoms with Crippen molar-refractivity contribution in [3.05, 3.63) is 200 Å². The summed E-state index contributed by atoms with van der Waals surface area (Å²) in [6.07, 6.45) is 0. The molecule has 0 bridgehead atoms. The van der Waals surface area contributed by atoms with E-state index in [9.17, 15) is 0 Å². The van der Waals surface area contributed by atoms with E-state index in [1.165, 1.54) is 53.2 Å². The Morgan fingerprint density at radius 2 is 0.945 bits per heavy atom. The molecule has 2 nitrogen and oxygen atoms in total. The molecule has 0 radical (unpaired) electrons. The first-order valence-electron chi connectivity index (χ1n) is 18.7. The lowest BCUT2D eigenvalue weighted by molar-refractivity contribution is 0.670. The second-order valence-electron chi connectivity index (χ2n) is 14.0. The van der Waals surface area contributed by atoms with Crippen molar-refractivity contribution in [1.82, 2.24) is 0 Å². The lowest BCUT2D eigenvalue weighted by Gasteiger charge is -2.27. The van der Waals surface area contributed by atoms with Crippen LogP contribution in [0.15, 0.2) is 205 Å². The van der Waals surface area contributed by atoms with E-state index in [1.54, 1.807) is 0 Å². The van der Waals surface area contributed by atoms with Crippen molar-refractivity contribution in [3.63, 3.8) is 0 Å². The summed E-state index contributed by atoms with van der Waals surface area (Å²) in [5.41, 5.74) is 11.9. The molecule has 0 N–H and O–H groups in total. The van der Waals surface area contributed by atoms with E-state index in [4.69, 9.17) is 4.42 Å². The van der Waals surface area contributed by atoms with E-state index < -0.39 is 0 Å². The van der Waals surface area contributed by atoms with Gasteiger partial charge in [-0.25, -0.2) is 0 Å². The van der Waals surface area contributed by atoms with Crippen LogP contribution in [-0.2, 0) is 0 Å². The van der Waals surface area contributed by atoms with Crippen LogP contribution in [0.25, 0.3) is 86.3 Å². The molecule has 11 rings (SSSR count). The summed E-state index contributed by atoms with van der Waals surface area (Å²) in [6.45, 7) is 0. The number of hydrogen-bond acceptors (Lipinski definition) is 3. The molecule has 55 heavy (non-hydrogen) atoms. The van der Waals surface area contributed by atoms with Gasteiger partial charge >= 0.3 is 0 Å². The maximum Gasteiger partial charge on any atom is 0.159 e. The van der Waals surface area contributed by atoms with Crippen LogP contribution in [0.5, 0.6) is 0 Å². The second kappa shape index (κ2) is 12.9. The van der Waals surface area contributed by atoms with Gasteiger partial charge in [-0.3, -0.25) is 0 Å². The molecule has 0 aliphatic rings. The fourth-order valence-electron chi connectivity index (χ4n) is 8.32. The van der Waals surface area contributed by atoms with Gasteiger partial charge in [0.25, 0.3) is 0 Å². The molecular formula is C52H33NOS. The Morgan fingerprint density at radius 3 is 1.84 bits per heavy atom. The molecule has 0 aliphatic carbocycles. The number of benzene rings is 9. The zero-order valence-electron chi connectivity index (χ0n) is 29.8. The van der Waals surface area contributed by atoms with Crippen molar-refractivity contribution in [2.45, 2.75) is 0 Å². The summed E-state index contributed by atoms with van der Waals surface area (Å²) in [6, 6.07) is 72.0. The number of fused-ring (bicyclic) bond motifs is 7. The quantitative estimate of drug-likeness (QED) is 0.170. The minimum atomic E-state index is 0.859. The highest BCUT2D eigenvalue weighted by Crippen LogP contribution is 2.49. The molecule has 0 saturated heterocycles. The average molecular weight is 720 g/mol. The first-order valence-corrected chi connectivity index (χ1v) is 19.5. The summed E-state index contributed by atoms with van der Waals surface area (Å²) in [4.78, 5) is 2.41. The SMILES string of the molecule is c1ccc(-c2ccc(-c3cccc4c3oc3c(N(c5cccc(-c6cccc7ccccc67)c5)c5cccc6sc7ccccc7c56)cccc34)cc2)cc1. The second-order valence-corrected chi connectivity index (χ2v) is 15.1. The van der Waals surface area contributed by atoms with E-state index in [1.807, 2.05) is 11.3 Å². The van der Waals surface area contributed by atoms with Crippen molar-refractivity contribution in [2.75, 3.05) is 4.90 Å². The normalized spacial score (nSPS) is 11.6. The van der Waals surface area contributed by atoms with Gasteiger partial charge in [0.2, 0.25) is 0 Å². The fraction of sp³-hybridized carbons (Fsp3) is 0. The van der Waals surface area contributed by atoms with Crippen LogP contribution in [-0.4, -0.2) is 0 Å². The number of furan rings is 1. The molecule has 0 amide bonds. The Kier molecular flexibility index (Phi) is 7.39. The van der Waals surface area contributed by atoms with Crippen LogP contribution in [0, 0.1) is 0 Å². The van der Waals surface area contributed by atoms with E-state index in [2.05, 4.69) is 205 Å². The van der Waals surface area contributed by atoms with Gasteiger partial charge in [-0.05, 0) is 75.0 Å². The highest BCUT2D eigenvalue weighted by molar-refractivity contribution is 7.26. The zero-order chi connectivity index (χ0) is 36.3. The summed E-state index contributed by atoms with van der Waals surface area (Å²) >= 11 is 1.84. The number of nitrogens with zero attached hydrogens (tertiary/aromatic N) is 1. The smallest absolute Gasteiger partial charge is 0.159 e. The van der Waals surface area contributed by atoms with Gasteiger partial charge in [-0.15, -0.1) is 11.3 Å². The van der Waals surface area contributed by atoms with Crippen LogP contribution in [0.3, 0.4) is 0 Å². The molecule has 0 aliphatic heterocycles. The van der Waals surface area contributed by atoms with E-state index in [0.29, 0.717) is 0 Å². The standard InChI is InChI=1S/C52H33NOS/c1-2-13-34(14-3-1)35-29-31-37(32-30-35)42-22-10-23-43-44-24-11-26-47(52(44)54-51(42)43)53(46-25-12-28-49-50(46)45-20-6-7-27-48(45)55-49)39-18-8-17-38(33-39)41-21-9-16-36-15-4-5-19-40(36)41/h1-33H. The summed E-state index contributed by atoms with van der Waals surface area (Å²) in [5, 5.41) is 7.16. The van der Waals surface area contributed by atoms with Crippen LogP contribution in [0.4, 0.5) is 17.1 Å². The van der Waals surface area contributed by atoms with Crippen molar-refractivity contribution in [2.24, 2.45) is 0 Å². The van der Waals surface area contributed by atoms with Crippen LogP contribution in [0.1, 0.15) is 0 Å². The minimum Gasteiger partial charge on any atom is -0.453 e. The molecule has 0 unspecified atom stereocenters. The highest BCUT2D eigenvalue weighted by Gasteiger charge is 2.24. The minimum absolute atomic E-state index is 0.859. The van der Waals surface area contributed by atoms with E-state index in [0.717, 1.165) is 50.1 Å². The fourth-order valence-corrected chi connectivity index (χ4v) is 9.45. The van der Waals surface area contributed by atoms with E-state index >= 15 is 0 Å². The molecule has 11 aromatic rings. The molecule has 0 atom stereocenters. The first-order chi connectivity index (χ1) is 27.3. The third-order valence-electron chi connectivity index (χ3n) is 10.9. The lowest BCUT2D eigenvalue weighted by Crippen LogP contribution is -2.10. The molecule has 2 aromatic heterocycles. The average Bonchev–Trinajstić information content (AvgIpc) is 3.84. The molecule has 258 valence electrons. The van der Waals surface area contributed by atoms with E-state index in [-0.39, 0.29) is 0 Å². The Morgan fingerprint density at radius 1 is 0.364 bits per heavy atom. The van der Waals surface area contributed by atoms with Crippen LogP contribution >= 0.6 is 11.3 Å². The molecule has 0 fully saturated rings. The van der Waals surface area contributed by atoms with Crippen molar-refractivity contribution in [1.29, 1.82) is 0 Å². The van der Waals surface area contributed by atoms with Crippen molar-refractivity contribution in [3.8, 4) is 33.4 Å². The third kappa shape index (κ3) is 5.24.